The van der Waals surface area contributed by atoms with Gasteiger partial charge >= 0.3 is 0 Å². The van der Waals surface area contributed by atoms with Crippen molar-refractivity contribution in [2.45, 2.75) is 11.6 Å². The van der Waals surface area contributed by atoms with Crippen molar-refractivity contribution in [2.24, 2.45) is 0 Å². The van der Waals surface area contributed by atoms with Crippen molar-refractivity contribution in [2.75, 3.05) is 20.0 Å². The molecule has 0 aliphatic rings. The maximum atomic E-state index is 13.4. The molecule has 0 saturated heterocycles. The van der Waals surface area contributed by atoms with Crippen molar-refractivity contribution in [3.63, 3.8) is 0 Å². The molecule has 0 atom stereocenters. The highest BCUT2D eigenvalue weighted by molar-refractivity contribution is 7.99. The zero-order valence-electron chi connectivity index (χ0n) is 16.9. The number of hydrogen-bond acceptors (Lipinski definition) is 5. The summed E-state index contributed by atoms with van der Waals surface area (Å²) in [5.74, 6) is 2.02. The molecule has 30 heavy (non-hydrogen) atoms. The van der Waals surface area contributed by atoms with Gasteiger partial charge in [-0.3, -0.25) is 9.36 Å². The molecule has 4 rings (SSSR count). The summed E-state index contributed by atoms with van der Waals surface area (Å²) in [7, 11) is 3.18. The topological polar surface area (TPSA) is 53.4 Å². The lowest BCUT2D eigenvalue weighted by molar-refractivity contribution is 0.392. The van der Waals surface area contributed by atoms with Crippen LogP contribution in [-0.4, -0.2) is 29.5 Å². The molecule has 1 heterocycles. The van der Waals surface area contributed by atoms with Crippen molar-refractivity contribution in [3.8, 4) is 17.2 Å². The van der Waals surface area contributed by atoms with Crippen molar-refractivity contribution >= 4 is 22.7 Å². The van der Waals surface area contributed by atoms with E-state index in [1.165, 1.54) is 5.56 Å². The van der Waals surface area contributed by atoms with Gasteiger partial charge in [-0.05, 0) is 36.2 Å². The molecule has 0 unspecified atom stereocenters. The molecule has 0 aliphatic heterocycles. The van der Waals surface area contributed by atoms with Gasteiger partial charge in [0.2, 0.25) is 0 Å². The molecule has 1 aromatic heterocycles. The second kappa shape index (κ2) is 9.05. The third kappa shape index (κ3) is 4.04. The summed E-state index contributed by atoms with van der Waals surface area (Å²) in [6, 6.07) is 23.1. The van der Waals surface area contributed by atoms with Crippen molar-refractivity contribution in [3.05, 3.63) is 88.7 Å². The van der Waals surface area contributed by atoms with E-state index in [0.29, 0.717) is 33.2 Å². The number of fused-ring (bicyclic) bond motifs is 1. The van der Waals surface area contributed by atoms with Crippen molar-refractivity contribution < 1.29 is 9.47 Å². The predicted molar refractivity (Wildman–Crippen MR) is 121 cm³/mol. The molecule has 5 nitrogen and oxygen atoms in total. The van der Waals surface area contributed by atoms with Gasteiger partial charge in [0.05, 0.1) is 30.8 Å². The fourth-order valence-electron chi connectivity index (χ4n) is 3.30. The molecule has 0 bridgehead atoms. The highest BCUT2D eigenvalue weighted by atomic mass is 32.2. The maximum Gasteiger partial charge on any atom is 0.266 e. The van der Waals surface area contributed by atoms with Crippen LogP contribution in [0.25, 0.3) is 16.6 Å². The monoisotopic (exact) mass is 418 g/mol. The molecular formula is C24H22N2O3S. The molecule has 6 heteroatoms. The second-order valence-corrected chi connectivity index (χ2v) is 7.74. The second-order valence-electron chi connectivity index (χ2n) is 6.67. The van der Waals surface area contributed by atoms with Crippen molar-refractivity contribution in [1.82, 2.24) is 9.55 Å². The van der Waals surface area contributed by atoms with E-state index < -0.39 is 0 Å². The lowest BCUT2D eigenvalue weighted by Gasteiger charge is -2.16. The third-order valence-corrected chi connectivity index (χ3v) is 5.78. The van der Waals surface area contributed by atoms with Crippen LogP contribution in [0.5, 0.6) is 11.5 Å². The van der Waals surface area contributed by atoms with Crippen LogP contribution < -0.4 is 15.0 Å². The normalized spacial score (nSPS) is 10.9. The van der Waals surface area contributed by atoms with Gasteiger partial charge in [0, 0.05) is 11.8 Å². The van der Waals surface area contributed by atoms with E-state index in [0.717, 1.165) is 12.2 Å². The van der Waals surface area contributed by atoms with Crippen LogP contribution in [0.1, 0.15) is 5.56 Å². The van der Waals surface area contributed by atoms with Crippen LogP contribution in [-0.2, 0) is 6.42 Å². The summed E-state index contributed by atoms with van der Waals surface area (Å²) in [5, 5.41) is 1.21. The Morgan fingerprint density at radius 2 is 1.70 bits per heavy atom. The Balaban J connectivity index is 1.80. The molecule has 0 fully saturated rings. The number of hydrogen-bond donors (Lipinski definition) is 0. The van der Waals surface area contributed by atoms with Crippen LogP contribution in [0.3, 0.4) is 0 Å². The summed E-state index contributed by atoms with van der Waals surface area (Å²) in [4.78, 5) is 18.2. The first-order valence-corrected chi connectivity index (χ1v) is 10.6. The highest BCUT2D eigenvalue weighted by Crippen LogP contribution is 2.30. The summed E-state index contributed by atoms with van der Waals surface area (Å²) >= 11 is 1.56. The third-order valence-electron chi connectivity index (χ3n) is 4.84. The number of aromatic nitrogens is 2. The summed E-state index contributed by atoms with van der Waals surface area (Å²) < 4.78 is 12.5. The zero-order valence-corrected chi connectivity index (χ0v) is 17.7. The number of methoxy groups -OCH3 is 2. The smallest absolute Gasteiger partial charge is 0.266 e. The van der Waals surface area contributed by atoms with Crippen LogP contribution >= 0.6 is 11.8 Å². The minimum atomic E-state index is -0.119. The largest absolute Gasteiger partial charge is 0.497 e. The molecule has 0 spiro atoms. The van der Waals surface area contributed by atoms with Gasteiger partial charge in [0.1, 0.15) is 11.5 Å². The van der Waals surface area contributed by atoms with E-state index in [1.54, 1.807) is 42.7 Å². The fraction of sp³-hybridized carbons (Fsp3) is 0.167. The van der Waals surface area contributed by atoms with E-state index in [4.69, 9.17) is 14.5 Å². The molecule has 0 radical (unpaired) electrons. The van der Waals surface area contributed by atoms with E-state index in [9.17, 15) is 4.79 Å². The van der Waals surface area contributed by atoms with Crippen LogP contribution in [0.15, 0.2) is 82.7 Å². The molecule has 0 N–H and O–H groups in total. The summed E-state index contributed by atoms with van der Waals surface area (Å²) in [6.45, 7) is 0. The minimum Gasteiger partial charge on any atom is -0.497 e. The SMILES string of the molecule is COc1ccc(-n2c(SCCc3ccccc3)nc3ccccc3c2=O)c(OC)c1. The number of thioether (sulfide) groups is 1. The average Bonchev–Trinajstić information content (AvgIpc) is 2.80. The van der Waals surface area contributed by atoms with Crippen LogP contribution in [0.2, 0.25) is 0 Å². The minimum absolute atomic E-state index is 0.119. The highest BCUT2D eigenvalue weighted by Gasteiger charge is 2.17. The van der Waals surface area contributed by atoms with Gasteiger partial charge in [-0.2, -0.15) is 0 Å². The first kappa shape index (κ1) is 20.0. The van der Waals surface area contributed by atoms with Gasteiger partial charge in [0.25, 0.3) is 5.56 Å². The number of aryl methyl sites for hydroxylation is 1. The molecule has 3 aromatic carbocycles. The van der Waals surface area contributed by atoms with Crippen LogP contribution in [0.4, 0.5) is 0 Å². The fourth-order valence-corrected chi connectivity index (χ4v) is 4.29. The van der Waals surface area contributed by atoms with Crippen molar-refractivity contribution in [1.29, 1.82) is 0 Å². The number of ether oxygens (including phenoxy) is 2. The first-order chi connectivity index (χ1) is 14.7. The molecule has 0 saturated carbocycles. The van der Waals surface area contributed by atoms with E-state index in [-0.39, 0.29) is 5.56 Å². The number of nitrogens with zero attached hydrogens (tertiary/aromatic N) is 2. The molecular weight excluding hydrogens is 396 g/mol. The Morgan fingerprint density at radius 1 is 0.933 bits per heavy atom. The lowest BCUT2D eigenvalue weighted by atomic mass is 10.2. The Morgan fingerprint density at radius 3 is 2.47 bits per heavy atom. The Labute approximate surface area is 179 Å². The summed E-state index contributed by atoms with van der Waals surface area (Å²) in [6.07, 6.45) is 0.883. The molecule has 4 aromatic rings. The summed E-state index contributed by atoms with van der Waals surface area (Å²) in [5.41, 5.74) is 2.46. The van der Waals surface area contributed by atoms with Gasteiger partial charge < -0.3 is 9.47 Å². The number of rotatable bonds is 7. The predicted octanol–water partition coefficient (Wildman–Crippen LogP) is 4.74. The van der Waals surface area contributed by atoms with E-state index in [2.05, 4.69) is 12.1 Å². The Hall–Kier alpha value is -3.25. The number of benzene rings is 3. The molecule has 0 amide bonds. The van der Waals surface area contributed by atoms with Gasteiger partial charge in [-0.15, -0.1) is 0 Å². The Kier molecular flexibility index (Phi) is 6.05. The zero-order chi connectivity index (χ0) is 20.9. The lowest BCUT2D eigenvalue weighted by Crippen LogP contribution is -2.22. The maximum absolute atomic E-state index is 13.4. The standard InChI is InChI=1S/C24H22N2O3S/c1-28-18-12-13-21(22(16-18)29-2)26-23(27)19-10-6-7-11-20(19)25-24(26)30-15-14-17-8-4-3-5-9-17/h3-13,16H,14-15H2,1-2H3. The average molecular weight is 419 g/mol. The van der Waals surface area contributed by atoms with E-state index in [1.807, 2.05) is 48.5 Å². The van der Waals surface area contributed by atoms with Gasteiger partial charge in [0.15, 0.2) is 5.16 Å². The van der Waals surface area contributed by atoms with Crippen LogP contribution in [0, 0.1) is 0 Å². The van der Waals surface area contributed by atoms with Gasteiger partial charge in [-0.1, -0.05) is 54.2 Å². The molecule has 0 aliphatic carbocycles. The Bertz CT molecular complexity index is 1220. The van der Waals surface area contributed by atoms with Gasteiger partial charge in [-0.25, -0.2) is 4.98 Å². The number of para-hydroxylation sites is 1. The quantitative estimate of drug-likeness (QED) is 0.321. The molecule has 152 valence electrons. The first-order valence-electron chi connectivity index (χ1n) is 9.62. The van der Waals surface area contributed by atoms with E-state index >= 15 is 0 Å².